The maximum Gasteiger partial charge on any atom is 0.275 e. The molecule has 2 N–H and O–H groups in total. The highest BCUT2D eigenvalue weighted by molar-refractivity contribution is 6.02. The largest absolute Gasteiger partial charge is 0.386 e. The Labute approximate surface area is 155 Å². The summed E-state index contributed by atoms with van der Waals surface area (Å²) in [6, 6.07) is 5.62. The first kappa shape index (κ1) is 18.6. The van der Waals surface area contributed by atoms with Crippen molar-refractivity contribution in [1.29, 1.82) is 0 Å². The standard InChI is InChI=1S/C18H18N4O5/c1-11(23)22-15(9-27-10-16(22)24)17(25)12-2-4-13(5-3-12)21-18(26)14-8-19-6-7-20-14/h2-8,15,17,25H,9-10H2,1H3,(H,21,26). The molecule has 140 valence electrons. The van der Waals surface area contributed by atoms with Gasteiger partial charge in [-0.15, -0.1) is 0 Å². The quantitative estimate of drug-likeness (QED) is 0.805. The van der Waals surface area contributed by atoms with Gasteiger partial charge in [0, 0.05) is 25.0 Å². The minimum atomic E-state index is -1.11. The van der Waals surface area contributed by atoms with E-state index >= 15 is 0 Å². The highest BCUT2D eigenvalue weighted by Crippen LogP contribution is 2.25. The lowest BCUT2D eigenvalue weighted by Gasteiger charge is -2.36. The van der Waals surface area contributed by atoms with Gasteiger partial charge in [-0.1, -0.05) is 12.1 Å². The lowest BCUT2D eigenvalue weighted by atomic mass is 10.00. The fourth-order valence-corrected chi connectivity index (χ4v) is 2.83. The van der Waals surface area contributed by atoms with E-state index in [9.17, 15) is 19.5 Å². The van der Waals surface area contributed by atoms with Crippen molar-refractivity contribution < 1.29 is 24.2 Å². The van der Waals surface area contributed by atoms with Crippen LogP contribution in [0.5, 0.6) is 0 Å². The van der Waals surface area contributed by atoms with Crippen LogP contribution in [0.25, 0.3) is 0 Å². The number of hydrogen-bond acceptors (Lipinski definition) is 7. The summed E-state index contributed by atoms with van der Waals surface area (Å²) in [7, 11) is 0. The van der Waals surface area contributed by atoms with Crippen LogP contribution in [-0.4, -0.2) is 57.0 Å². The molecule has 1 aromatic heterocycles. The Bertz CT molecular complexity index is 841. The summed E-state index contributed by atoms with van der Waals surface area (Å²) in [5.74, 6) is -1.34. The first-order chi connectivity index (χ1) is 13.0. The van der Waals surface area contributed by atoms with Crippen molar-refractivity contribution in [3.63, 3.8) is 0 Å². The predicted octanol–water partition coefficient (Wildman–Crippen LogP) is 0.536. The summed E-state index contributed by atoms with van der Waals surface area (Å²) in [4.78, 5) is 44.5. The van der Waals surface area contributed by atoms with E-state index in [0.29, 0.717) is 11.3 Å². The third-order valence-corrected chi connectivity index (χ3v) is 4.12. The highest BCUT2D eigenvalue weighted by Gasteiger charge is 2.37. The van der Waals surface area contributed by atoms with Crippen LogP contribution in [0.1, 0.15) is 29.1 Å². The molecule has 2 aromatic rings. The van der Waals surface area contributed by atoms with Crippen LogP contribution in [0.2, 0.25) is 0 Å². The van der Waals surface area contributed by atoms with Gasteiger partial charge in [0.25, 0.3) is 11.8 Å². The molecule has 3 amide bonds. The van der Waals surface area contributed by atoms with Gasteiger partial charge in [0.05, 0.1) is 18.8 Å². The molecule has 1 aromatic carbocycles. The Morgan fingerprint density at radius 3 is 2.67 bits per heavy atom. The monoisotopic (exact) mass is 370 g/mol. The molecule has 2 heterocycles. The van der Waals surface area contributed by atoms with E-state index in [1.54, 1.807) is 24.3 Å². The smallest absolute Gasteiger partial charge is 0.275 e. The Hall–Kier alpha value is -3.17. The highest BCUT2D eigenvalue weighted by atomic mass is 16.5. The normalized spacial score (nSPS) is 18.1. The topological polar surface area (TPSA) is 122 Å². The van der Waals surface area contributed by atoms with Gasteiger partial charge < -0.3 is 15.2 Å². The number of nitrogens with zero attached hydrogens (tertiary/aromatic N) is 3. The maximum absolute atomic E-state index is 12.1. The average molecular weight is 370 g/mol. The molecule has 0 radical (unpaired) electrons. The fourth-order valence-electron chi connectivity index (χ4n) is 2.83. The zero-order chi connectivity index (χ0) is 19.4. The molecule has 1 aliphatic rings. The average Bonchev–Trinajstić information content (AvgIpc) is 2.68. The Balaban J connectivity index is 1.71. The Kier molecular flexibility index (Phi) is 5.53. The molecule has 9 heteroatoms. The molecule has 2 unspecified atom stereocenters. The SMILES string of the molecule is CC(=O)N1C(=O)COCC1C(O)c1ccc(NC(=O)c2cnccn2)cc1. The summed E-state index contributed by atoms with van der Waals surface area (Å²) < 4.78 is 5.17. The van der Waals surface area contributed by atoms with Crippen LogP contribution in [0, 0.1) is 0 Å². The minimum Gasteiger partial charge on any atom is -0.386 e. The second-order valence-electron chi connectivity index (χ2n) is 5.98. The minimum absolute atomic E-state index is 0.0532. The molecular formula is C18H18N4O5. The van der Waals surface area contributed by atoms with Gasteiger partial charge in [-0.2, -0.15) is 0 Å². The molecule has 0 bridgehead atoms. The van der Waals surface area contributed by atoms with Crippen LogP contribution < -0.4 is 5.32 Å². The lowest BCUT2D eigenvalue weighted by molar-refractivity contribution is -0.163. The van der Waals surface area contributed by atoms with E-state index in [0.717, 1.165) is 4.90 Å². The summed E-state index contributed by atoms with van der Waals surface area (Å²) >= 11 is 0. The van der Waals surface area contributed by atoms with E-state index in [4.69, 9.17) is 4.74 Å². The van der Waals surface area contributed by atoms with E-state index in [2.05, 4.69) is 15.3 Å². The first-order valence-electron chi connectivity index (χ1n) is 8.23. The number of hydrogen-bond donors (Lipinski definition) is 2. The number of carbonyl (C=O) groups is 3. The second kappa shape index (κ2) is 8.02. The second-order valence-corrected chi connectivity index (χ2v) is 5.98. The number of morpholine rings is 1. The van der Waals surface area contributed by atoms with E-state index in [1.807, 2.05) is 0 Å². The van der Waals surface area contributed by atoms with Crippen molar-refractivity contribution in [2.75, 3.05) is 18.5 Å². The molecule has 1 saturated heterocycles. The number of nitrogens with one attached hydrogen (secondary N) is 1. The fraction of sp³-hybridized carbons (Fsp3) is 0.278. The number of amides is 3. The van der Waals surface area contributed by atoms with Crippen LogP contribution >= 0.6 is 0 Å². The van der Waals surface area contributed by atoms with Gasteiger partial charge in [-0.25, -0.2) is 4.98 Å². The molecule has 0 aliphatic carbocycles. The molecule has 1 fully saturated rings. The van der Waals surface area contributed by atoms with Gasteiger partial charge in [0.2, 0.25) is 5.91 Å². The predicted molar refractivity (Wildman–Crippen MR) is 93.5 cm³/mol. The van der Waals surface area contributed by atoms with Crippen molar-refractivity contribution >= 4 is 23.4 Å². The summed E-state index contributed by atoms with van der Waals surface area (Å²) in [6.07, 6.45) is 3.13. The maximum atomic E-state index is 12.1. The molecular weight excluding hydrogens is 352 g/mol. The number of aliphatic hydroxyl groups excluding tert-OH is 1. The van der Waals surface area contributed by atoms with Crippen LogP contribution in [0.4, 0.5) is 5.69 Å². The summed E-state index contributed by atoms with van der Waals surface area (Å²) in [5, 5.41) is 13.3. The van der Waals surface area contributed by atoms with Crippen molar-refractivity contribution in [3.05, 3.63) is 54.1 Å². The summed E-state index contributed by atoms with van der Waals surface area (Å²) in [6.45, 7) is 1.14. The number of carbonyl (C=O) groups excluding carboxylic acids is 3. The van der Waals surface area contributed by atoms with Crippen LogP contribution in [0.3, 0.4) is 0 Å². The number of benzene rings is 1. The number of aromatic nitrogens is 2. The zero-order valence-electron chi connectivity index (χ0n) is 14.5. The van der Waals surface area contributed by atoms with Crippen LogP contribution in [-0.2, 0) is 14.3 Å². The van der Waals surface area contributed by atoms with Gasteiger partial charge in [0.1, 0.15) is 18.4 Å². The van der Waals surface area contributed by atoms with Crippen molar-refractivity contribution in [3.8, 4) is 0 Å². The van der Waals surface area contributed by atoms with Crippen LogP contribution in [0.15, 0.2) is 42.9 Å². The molecule has 2 atom stereocenters. The first-order valence-corrected chi connectivity index (χ1v) is 8.23. The molecule has 27 heavy (non-hydrogen) atoms. The lowest BCUT2D eigenvalue weighted by Crippen LogP contribution is -2.54. The van der Waals surface area contributed by atoms with E-state index in [-0.39, 0.29) is 18.9 Å². The van der Waals surface area contributed by atoms with Gasteiger partial charge in [-0.05, 0) is 17.7 Å². The Morgan fingerprint density at radius 2 is 2.04 bits per heavy atom. The number of aliphatic hydroxyl groups is 1. The van der Waals surface area contributed by atoms with E-state index in [1.165, 1.54) is 25.5 Å². The number of imide groups is 1. The molecule has 9 nitrogen and oxygen atoms in total. The van der Waals surface area contributed by atoms with Crippen molar-refractivity contribution in [2.45, 2.75) is 19.1 Å². The van der Waals surface area contributed by atoms with Gasteiger partial charge in [-0.3, -0.25) is 24.3 Å². The molecule has 0 saturated carbocycles. The molecule has 1 aliphatic heterocycles. The number of anilines is 1. The number of rotatable bonds is 4. The Morgan fingerprint density at radius 1 is 1.30 bits per heavy atom. The van der Waals surface area contributed by atoms with Crippen molar-refractivity contribution in [1.82, 2.24) is 14.9 Å². The molecule has 0 spiro atoms. The summed E-state index contributed by atoms with van der Waals surface area (Å²) in [5.41, 5.74) is 1.17. The van der Waals surface area contributed by atoms with Crippen molar-refractivity contribution in [2.24, 2.45) is 0 Å². The van der Waals surface area contributed by atoms with Gasteiger partial charge >= 0.3 is 0 Å². The van der Waals surface area contributed by atoms with Gasteiger partial charge in [0.15, 0.2) is 0 Å². The third kappa shape index (κ3) is 4.15. The molecule has 3 rings (SSSR count). The van der Waals surface area contributed by atoms with E-state index < -0.39 is 29.9 Å². The zero-order valence-corrected chi connectivity index (χ0v) is 14.5. The third-order valence-electron chi connectivity index (χ3n) is 4.12. The number of ether oxygens (including phenoxy) is 1.